The summed E-state index contributed by atoms with van der Waals surface area (Å²) in [6.07, 6.45) is 4.99. The number of carbonyl (C=O) groups is 1. The average molecular weight is 339 g/mol. The highest BCUT2D eigenvalue weighted by Gasteiger charge is 2.29. The Kier molecular flexibility index (Phi) is 6.48. The van der Waals surface area contributed by atoms with Crippen molar-refractivity contribution in [2.24, 2.45) is 0 Å². The van der Waals surface area contributed by atoms with E-state index in [9.17, 15) is 4.79 Å². The molecule has 0 aliphatic heterocycles. The Morgan fingerprint density at radius 1 is 1.22 bits per heavy atom. The lowest BCUT2D eigenvalue weighted by atomic mass is 9.89. The van der Waals surface area contributed by atoms with Crippen LogP contribution in [0.4, 0.5) is 5.00 Å². The highest BCUT2D eigenvalue weighted by atomic mass is 32.1. The molecule has 0 saturated heterocycles. The van der Waals surface area contributed by atoms with Gasteiger partial charge in [-0.05, 0) is 58.7 Å². The van der Waals surface area contributed by atoms with E-state index in [2.05, 4.69) is 30.7 Å². The topological polar surface area (TPSA) is 32.8 Å². The SMILES string of the molecule is CCN(C)C1CCC(N(CC)c2scc(C(=O)OC)c2C)CC1. The number of hydrogen-bond acceptors (Lipinski definition) is 5. The fourth-order valence-corrected chi connectivity index (χ4v) is 4.84. The quantitative estimate of drug-likeness (QED) is 0.736. The minimum atomic E-state index is -0.227. The van der Waals surface area contributed by atoms with Crippen LogP contribution in [-0.2, 0) is 4.74 Å². The normalized spacial score (nSPS) is 21.5. The first-order valence-corrected chi connectivity index (χ1v) is 9.54. The molecule has 23 heavy (non-hydrogen) atoms. The lowest BCUT2D eigenvalue weighted by Gasteiger charge is -2.40. The summed E-state index contributed by atoms with van der Waals surface area (Å²) in [5.41, 5.74) is 1.78. The van der Waals surface area contributed by atoms with Gasteiger partial charge in [-0.3, -0.25) is 0 Å². The van der Waals surface area contributed by atoms with Gasteiger partial charge in [0.1, 0.15) is 0 Å². The number of esters is 1. The summed E-state index contributed by atoms with van der Waals surface area (Å²) in [7, 11) is 3.68. The fraction of sp³-hybridized carbons (Fsp3) is 0.722. The first kappa shape index (κ1) is 18.3. The molecule has 1 heterocycles. The summed E-state index contributed by atoms with van der Waals surface area (Å²) < 4.78 is 4.89. The number of carbonyl (C=O) groups excluding carboxylic acids is 1. The Labute approximate surface area is 144 Å². The second-order valence-corrected chi connectivity index (χ2v) is 7.25. The molecule has 1 fully saturated rings. The van der Waals surface area contributed by atoms with Gasteiger partial charge in [0.25, 0.3) is 0 Å². The van der Waals surface area contributed by atoms with Crippen molar-refractivity contribution >= 4 is 22.3 Å². The monoisotopic (exact) mass is 338 g/mol. The molecule has 0 unspecified atom stereocenters. The number of thiophene rings is 1. The highest BCUT2D eigenvalue weighted by molar-refractivity contribution is 7.14. The summed E-state index contributed by atoms with van der Waals surface area (Å²) in [6.45, 7) is 8.59. The Bertz CT molecular complexity index is 521. The van der Waals surface area contributed by atoms with Gasteiger partial charge in [-0.1, -0.05) is 6.92 Å². The van der Waals surface area contributed by atoms with Crippen LogP contribution in [0.25, 0.3) is 0 Å². The van der Waals surface area contributed by atoms with Gasteiger partial charge in [-0.15, -0.1) is 11.3 Å². The molecule has 130 valence electrons. The third kappa shape index (κ3) is 3.89. The van der Waals surface area contributed by atoms with Crippen molar-refractivity contribution in [2.45, 2.75) is 58.5 Å². The van der Waals surface area contributed by atoms with E-state index in [4.69, 9.17) is 4.74 Å². The largest absolute Gasteiger partial charge is 0.465 e. The molecule has 0 aromatic carbocycles. The minimum absolute atomic E-state index is 0.227. The van der Waals surface area contributed by atoms with E-state index in [0.717, 1.165) is 24.7 Å². The lowest BCUT2D eigenvalue weighted by molar-refractivity contribution is 0.0600. The molecule has 1 aromatic heterocycles. The second kappa shape index (κ2) is 8.15. The molecular weight excluding hydrogens is 308 g/mol. The van der Waals surface area contributed by atoms with Crippen LogP contribution in [0.2, 0.25) is 0 Å². The van der Waals surface area contributed by atoms with E-state index < -0.39 is 0 Å². The minimum Gasteiger partial charge on any atom is -0.465 e. The number of nitrogens with zero attached hydrogens (tertiary/aromatic N) is 2. The van der Waals surface area contributed by atoms with Crippen LogP contribution in [0.3, 0.4) is 0 Å². The molecule has 2 rings (SSSR count). The van der Waals surface area contributed by atoms with Crippen molar-refractivity contribution in [1.82, 2.24) is 4.90 Å². The fourth-order valence-electron chi connectivity index (χ4n) is 3.64. The van der Waals surface area contributed by atoms with Crippen molar-refractivity contribution in [3.8, 4) is 0 Å². The molecule has 0 amide bonds. The van der Waals surface area contributed by atoms with E-state index in [1.54, 1.807) is 11.3 Å². The maximum Gasteiger partial charge on any atom is 0.339 e. The standard InChI is InChI=1S/C18H30N2O2S/c1-6-19(4)14-8-10-15(11-9-14)20(7-2)17-13(3)16(12-23-17)18(21)22-5/h12,14-15H,6-11H2,1-5H3. The third-order valence-electron chi connectivity index (χ3n) is 5.25. The van der Waals surface area contributed by atoms with E-state index >= 15 is 0 Å². The number of rotatable bonds is 6. The van der Waals surface area contributed by atoms with Crippen LogP contribution in [-0.4, -0.2) is 50.2 Å². The van der Waals surface area contributed by atoms with Crippen LogP contribution < -0.4 is 4.90 Å². The van der Waals surface area contributed by atoms with Gasteiger partial charge < -0.3 is 14.5 Å². The maximum absolute atomic E-state index is 11.8. The predicted octanol–water partition coefficient (Wildman–Crippen LogP) is 3.93. The smallest absolute Gasteiger partial charge is 0.339 e. The summed E-state index contributed by atoms with van der Waals surface area (Å²) in [5.74, 6) is -0.227. The molecule has 0 N–H and O–H groups in total. The van der Waals surface area contributed by atoms with E-state index in [-0.39, 0.29) is 5.97 Å². The molecule has 1 saturated carbocycles. The van der Waals surface area contributed by atoms with Gasteiger partial charge in [-0.25, -0.2) is 4.79 Å². The van der Waals surface area contributed by atoms with Gasteiger partial charge in [0.15, 0.2) is 0 Å². The Morgan fingerprint density at radius 3 is 2.35 bits per heavy atom. The number of ether oxygens (including phenoxy) is 1. The Hall–Kier alpha value is -1.07. The van der Waals surface area contributed by atoms with Crippen LogP contribution in [0.5, 0.6) is 0 Å². The lowest BCUT2D eigenvalue weighted by Crippen LogP contribution is -2.43. The number of anilines is 1. The van der Waals surface area contributed by atoms with Gasteiger partial charge in [0.05, 0.1) is 17.7 Å². The summed E-state index contributed by atoms with van der Waals surface area (Å²) in [6, 6.07) is 1.31. The van der Waals surface area contributed by atoms with Crippen LogP contribution in [0.1, 0.15) is 55.5 Å². The first-order chi connectivity index (χ1) is 11.0. The van der Waals surface area contributed by atoms with Gasteiger partial charge in [0, 0.05) is 24.0 Å². The zero-order valence-corrected chi connectivity index (χ0v) is 15.9. The second-order valence-electron chi connectivity index (χ2n) is 6.39. The molecule has 1 aliphatic rings. The molecule has 0 bridgehead atoms. The van der Waals surface area contributed by atoms with Crippen molar-refractivity contribution in [2.75, 3.05) is 32.1 Å². The predicted molar refractivity (Wildman–Crippen MR) is 97.8 cm³/mol. The van der Waals surface area contributed by atoms with Crippen LogP contribution in [0, 0.1) is 6.92 Å². The summed E-state index contributed by atoms with van der Waals surface area (Å²) in [5, 5.41) is 3.18. The van der Waals surface area contributed by atoms with Crippen molar-refractivity contribution in [3.05, 3.63) is 16.5 Å². The molecule has 0 radical (unpaired) electrons. The van der Waals surface area contributed by atoms with Gasteiger partial charge in [-0.2, -0.15) is 0 Å². The van der Waals surface area contributed by atoms with Gasteiger partial charge in [0.2, 0.25) is 0 Å². The third-order valence-corrected chi connectivity index (χ3v) is 6.37. The summed E-state index contributed by atoms with van der Waals surface area (Å²) in [4.78, 5) is 16.8. The number of methoxy groups -OCH3 is 1. The molecule has 4 nitrogen and oxygen atoms in total. The van der Waals surface area contributed by atoms with Crippen molar-refractivity contribution < 1.29 is 9.53 Å². The Balaban J connectivity index is 2.09. The molecule has 0 atom stereocenters. The summed E-state index contributed by atoms with van der Waals surface area (Å²) >= 11 is 1.67. The van der Waals surface area contributed by atoms with Crippen LogP contribution >= 0.6 is 11.3 Å². The Morgan fingerprint density at radius 2 is 1.83 bits per heavy atom. The van der Waals surface area contributed by atoms with Crippen LogP contribution in [0.15, 0.2) is 5.38 Å². The number of hydrogen-bond donors (Lipinski definition) is 0. The van der Waals surface area contributed by atoms with E-state index in [0.29, 0.717) is 11.6 Å². The average Bonchev–Trinajstić information content (AvgIpc) is 2.96. The van der Waals surface area contributed by atoms with Gasteiger partial charge >= 0.3 is 5.97 Å². The zero-order valence-electron chi connectivity index (χ0n) is 15.1. The first-order valence-electron chi connectivity index (χ1n) is 8.66. The van der Waals surface area contributed by atoms with E-state index in [1.165, 1.54) is 37.8 Å². The molecule has 5 heteroatoms. The molecule has 0 spiro atoms. The molecule has 1 aliphatic carbocycles. The molecule has 1 aromatic rings. The van der Waals surface area contributed by atoms with E-state index in [1.807, 2.05) is 12.3 Å². The maximum atomic E-state index is 11.8. The zero-order chi connectivity index (χ0) is 17.0. The molecular formula is C18H30N2O2S. The highest BCUT2D eigenvalue weighted by Crippen LogP contribution is 2.36. The van der Waals surface area contributed by atoms with Crippen molar-refractivity contribution in [1.29, 1.82) is 0 Å². The van der Waals surface area contributed by atoms with Crippen molar-refractivity contribution in [3.63, 3.8) is 0 Å².